The Morgan fingerprint density at radius 2 is 1.68 bits per heavy atom. The minimum Gasteiger partial charge on any atom is -0.493 e. The minimum atomic E-state index is -0.315. The molecule has 1 heterocycles. The first kappa shape index (κ1) is 19.2. The quantitative estimate of drug-likeness (QED) is 0.713. The van der Waals surface area contributed by atoms with Gasteiger partial charge in [0.15, 0.2) is 11.5 Å². The van der Waals surface area contributed by atoms with E-state index in [9.17, 15) is 9.59 Å². The van der Waals surface area contributed by atoms with Crippen LogP contribution in [0.5, 0.6) is 11.5 Å². The highest BCUT2D eigenvalue weighted by Crippen LogP contribution is 2.29. The average Bonchev–Trinajstić information content (AvgIpc) is 2.71. The van der Waals surface area contributed by atoms with Gasteiger partial charge in [-0.25, -0.2) is 0 Å². The summed E-state index contributed by atoms with van der Waals surface area (Å²) in [4.78, 5) is 24.8. The third kappa shape index (κ3) is 4.40. The Bertz CT molecular complexity index is 1040. The molecule has 0 aliphatic carbocycles. The number of nitrogens with zero attached hydrogens (tertiary/aromatic N) is 1. The summed E-state index contributed by atoms with van der Waals surface area (Å²) in [5.41, 5.74) is 2.94. The van der Waals surface area contributed by atoms with Crippen molar-refractivity contribution in [3.05, 3.63) is 87.8 Å². The third-order valence-corrected chi connectivity index (χ3v) is 4.36. The maximum absolute atomic E-state index is 12.6. The lowest BCUT2D eigenvalue weighted by atomic mass is 10.1. The maximum Gasteiger partial charge on any atom is 0.257 e. The van der Waals surface area contributed by atoms with Gasteiger partial charge in [-0.1, -0.05) is 29.8 Å². The Labute approximate surface area is 163 Å². The number of rotatable bonds is 6. The number of amides is 1. The van der Waals surface area contributed by atoms with Gasteiger partial charge in [-0.3, -0.25) is 9.59 Å². The number of aromatic nitrogens is 1. The summed E-state index contributed by atoms with van der Waals surface area (Å²) < 4.78 is 12.0. The second kappa shape index (κ2) is 8.43. The topological polar surface area (TPSA) is 69.6 Å². The molecule has 0 aliphatic rings. The SMILES string of the molecule is COc1ccc(NC(=O)c2ccc(=O)n(Cc3ccc(C)cc3)c2)cc1OC. The predicted octanol–water partition coefficient (Wildman–Crippen LogP) is 3.47. The Morgan fingerprint density at radius 1 is 0.964 bits per heavy atom. The van der Waals surface area contributed by atoms with Crippen molar-refractivity contribution in [1.29, 1.82) is 0 Å². The van der Waals surface area contributed by atoms with Gasteiger partial charge in [-0.05, 0) is 30.7 Å². The van der Waals surface area contributed by atoms with Crippen LogP contribution < -0.4 is 20.3 Å². The van der Waals surface area contributed by atoms with E-state index in [1.54, 1.807) is 31.5 Å². The first-order chi connectivity index (χ1) is 13.5. The molecular weight excluding hydrogens is 356 g/mol. The Hall–Kier alpha value is -3.54. The number of carbonyl (C=O) groups is 1. The number of hydrogen-bond acceptors (Lipinski definition) is 4. The van der Waals surface area contributed by atoms with Gasteiger partial charge in [0, 0.05) is 24.0 Å². The third-order valence-electron chi connectivity index (χ3n) is 4.36. The molecular formula is C22H22N2O4. The van der Waals surface area contributed by atoms with Crippen LogP contribution in [-0.4, -0.2) is 24.7 Å². The van der Waals surface area contributed by atoms with Crippen LogP contribution in [0, 0.1) is 6.92 Å². The molecule has 3 aromatic rings. The van der Waals surface area contributed by atoms with E-state index < -0.39 is 0 Å². The highest BCUT2D eigenvalue weighted by Gasteiger charge is 2.11. The number of methoxy groups -OCH3 is 2. The molecule has 1 amide bonds. The van der Waals surface area contributed by atoms with Crippen LogP contribution in [0.25, 0.3) is 0 Å². The molecule has 0 aliphatic heterocycles. The zero-order valence-electron chi connectivity index (χ0n) is 16.1. The van der Waals surface area contributed by atoms with Gasteiger partial charge in [-0.2, -0.15) is 0 Å². The Kier molecular flexibility index (Phi) is 5.79. The average molecular weight is 378 g/mol. The number of hydrogen-bond donors (Lipinski definition) is 1. The summed E-state index contributed by atoms with van der Waals surface area (Å²) in [5.74, 6) is 0.779. The van der Waals surface area contributed by atoms with Gasteiger partial charge in [0.1, 0.15) is 0 Å². The van der Waals surface area contributed by atoms with Crippen molar-refractivity contribution in [2.75, 3.05) is 19.5 Å². The van der Waals surface area contributed by atoms with Crippen molar-refractivity contribution in [2.24, 2.45) is 0 Å². The van der Waals surface area contributed by atoms with Crippen molar-refractivity contribution in [2.45, 2.75) is 13.5 Å². The predicted molar refractivity (Wildman–Crippen MR) is 108 cm³/mol. The lowest BCUT2D eigenvalue weighted by molar-refractivity contribution is 0.102. The molecule has 28 heavy (non-hydrogen) atoms. The van der Waals surface area contributed by atoms with Crippen molar-refractivity contribution in [1.82, 2.24) is 4.57 Å². The van der Waals surface area contributed by atoms with Gasteiger partial charge in [0.05, 0.1) is 26.3 Å². The zero-order valence-corrected chi connectivity index (χ0v) is 16.1. The van der Waals surface area contributed by atoms with Crippen LogP contribution in [0.3, 0.4) is 0 Å². The fraction of sp³-hybridized carbons (Fsp3) is 0.182. The van der Waals surface area contributed by atoms with Crippen LogP contribution in [0.15, 0.2) is 65.6 Å². The van der Waals surface area contributed by atoms with E-state index in [0.29, 0.717) is 29.3 Å². The number of pyridine rings is 1. The first-order valence-corrected chi connectivity index (χ1v) is 8.79. The standard InChI is InChI=1S/C22H22N2O4/c1-15-4-6-16(7-5-15)13-24-14-17(8-11-21(24)25)22(26)23-18-9-10-19(27-2)20(12-18)28-3/h4-12,14H,13H2,1-3H3,(H,23,26). The summed E-state index contributed by atoms with van der Waals surface area (Å²) in [7, 11) is 3.08. The minimum absolute atomic E-state index is 0.164. The molecule has 0 radical (unpaired) electrons. The molecule has 0 fully saturated rings. The second-order valence-corrected chi connectivity index (χ2v) is 6.39. The van der Waals surface area contributed by atoms with Crippen LogP contribution >= 0.6 is 0 Å². The number of nitrogens with one attached hydrogen (secondary N) is 1. The van der Waals surface area contributed by atoms with Gasteiger partial charge < -0.3 is 19.4 Å². The van der Waals surface area contributed by atoms with Crippen molar-refractivity contribution >= 4 is 11.6 Å². The summed E-state index contributed by atoms with van der Waals surface area (Å²) in [6, 6.07) is 16.0. The largest absolute Gasteiger partial charge is 0.493 e. The molecule has 0 atom stereocenters. The number of aryl methyl sites for hydroxylation is 1. The van der Waals surface area contributed by atoms with Crippen molar-refractivity contribution < 1.29 is 14.3 Å². The van der Waals surface area contributed by atoms with Crippen molar-refractivity contribution in [3.63, 3.8) is 0 Å². The molecule has 0 spiro atoms. The first-order valence-electron chi connectivity index (χ1n) is 8.79. The van der Waals surface area contributed by atoms with Crippen molar-refractivity contribution in [3.8, 4) is 11.5 Å². The monoisotopic (exact) mass is 378 g/mol. The van der Waals surface area contributed by atoms with E-state index in [1.807, 2.05) is 31.2 Å². The van der Waals surface area contributed by atoms with Gasteiger partial charge >= 0.3 is 0 Å². The smallest absolute Gasteiger partial charge is 0.257 e. The Balaban J connectivity index is 1.80. The summed E-state index contributed by atoms with van der Waals surface area (Å²) in [6.07, 6.45) is 1.57. The lowest BCUT2D eigenvalue weighted by Crippen LogP contribution is -2.22. The summed E-state index contributed by atoms with van der Waals surface area (Å²) in [6.45, 7) is 2.41. The highest BCUT2D eigenvalue weighted by molar-refractivity contribution is 6.04. The fourth-order valence-corrected chi connectivity index (χ4v) is 2.80. The van der Waals surface area contributed by atoms with E-state index in [1.165, 1.54) is 23.8 Å². The lowest BCUT2D eigenvalue weighted by Gasteiger charge is -2.12. The van der Waals surface area contributed by atoms with Gasteiger partial charge in [0.2, 0.25) is 0 Å². The molecule has 1 aromatic heterocycles. The fourth-order valence-electron chi connectivity index (χ4n) is 2.80. The molecule has 0 saturated heterocycles. The molecule has 0 bridgehead atoms. The highest BCUT2D eigenvalue weighted by atomic mass is 16.5. The van der Waals surface area contributed by atoms with Crippen LogP contribution in [0.4, 0.5) is 5.69 Å². The normalized spacial score (nSPS) is 10.4. The number of benzene rings is 2. The second-order valence-electron chi connectivity index (χ2n) is 6.39. The number of anilines is 1. The molecule has 1 N–H and O–H groups in total. The molecule has 2 aromatic carbocycles. The maximum atomic E-state index is 12.6. The summed E-state index contributed by atoms with van der Waals surface area (Å²) in [5, 5.41) is 2.81. The van der Waals surface area contributed by atoms with E-state index >= 15 is 0 Å². The van der Waals surface area contributed by atoms with E-state index in [4.69, 9.17) is 9.47 Å². The van der Waals surface area contributed by atoms with Crippen LogP contribution in [0.2, 0.25) is 0 Å². The zero-order chi connectivity index (χ0) is 20.1. The molecule has 0 unspecified atom stereocenters. The Morgan fingerprint density at radius 3 is 2.36 bits per heavy atom. The number of ether oxygens (including phenoxy) is 2. The van der Waals surface area contributed by atoms with E-state index in [0.717, 1.165) is 11.1 Å². The molecule has 3 rings (SSSR count). The van der Waals surface area contributed by atoms with Crippen LogP contribution in [0.1, 0.15) is 21.5 Å². The van der Waals surface area contributed by atoms with Crippen LogP contribution in [-0.2, 0) is 6.54 Å². The molecule has 6 nitrogen and oxygen atoms in total. The van der Waals surface area contributed by atoms with Gasteiger partial charge in [-0.15, -0.1) is 0 Å². The molecule has 0 saturated carbocycles. The number of carbonyl (C=O) groups excluding carboxylic acids is 1. The van der Waals surface area contributed by atoms with Gasteiger partial charge in [0.25, 0.3) is 11.5 Å². The summed E-state index contributed by atoms with van der Waals surface area (Å²) >= 11 is 0. The molecule has 144 valence electrons. The van der Waals surface area contributed by atoms with E-state index in [-0.39, 0.29) is 11.5 Å². The molecule has 6 heteroatoms. The van der Waals surface area contributed by atoms with E-state index in [2.05, 4.69) is 5.32 Å².